The van der Waals surface area contributed by atoms with Gasteiger partial charge in [0.1, 0.15) is 18.5 Å². The lowest BCUT2D eigenvalue weighted by Crippen LogP contribution is -2.58. The van der Waals surface area contributed by atoms with Gasteiger partial charge in [-0.1, -0.05) is 13.0 Å². The summed E-state index contributed by atoms with van der Waals surface area (Å²) < 4.78 is 49.3. The van der Waals surface area contributed by atoms with Crippen LogP contribution in [0.15, 0.2) is 12.1 Å². The Labute approximate surface area is 174 Å². The number of fused-ring (bicyclic) bond motifs is 2. The number of epoxide rings is 1. The third kappa shape index (κ3) is 4.17. The number of piperidine rings is 1. The standard InChI is InChI=1S/C22H29F3N2O3/c1-12-13(2)19(30-11-17-10-29-17)5-4-18(12)14(3)21-7-6-15(27-21)8-16(9-21)26-20(28)22(23,24)25/h4-5,14-17,27H,6-11H2,1-3H3,(H,26,28)/t14?,15?,16?,17-,21?/m0/s1. The first-order chi connectivity index (χ1) is 14.1. The van der Waals surface area contributed by atoms with E-state index < -0.39 is 18.1 Å². The van der Waals surface area contributed by atoms with Crippen LogP contribution in [0.4, 0.5) is 13.2 Å². The van der Waals surface area contributed by atoms with Gasteiger partial charge in [0.15, 0.2) is 0 Å². The Bertz CT molecular complexity index is 825. The normalized spacial score (nSPS) is 31.3. The third-order valence-corrected chi connectivity index (χ3v) is 7.10. The highest BCUT2D eigenvalue weighted by molar-refractivity contribution is 5.82. The highest BCUT2D eigenvalue weighted by Gasteiger charge is 2.50. The monoisotopic (exact) mass is 426 g/mol. The molecule has 2 N–H and O–H groups in total. The minimum atomic E-state index is -4.85. The predicted octanol–water partition coefficient (Wildman–Crippen LogP) is 3.52. The van der Waals surface area contributed by atoms with Crippen LogP contribution in [0.25, 0.3) is 0 Å². The summed E-state index contributed by atoms with van der Waals surface area (Å²) in [5.41, 5.74) is 3.05. The SMILES string of the molecule is Cc1c(OC[C@@H]2CO2)ccc(C(C)C23CCC(CC(NC(=O)C(F)(F)F)C2)N3)c1C. The first-order valence-electron chi connectivity index (χ1n) is 10.6. The van der Waals surface area contributed by atoms with E-state index in [4.69, 9.17) is 9.47 Å². The minimum Gasteiger partial charge on any atom is -0.491 e. The van der Waals surface area contributed by atoms with Crippen molar-refractivity contribution >= 4 is 5.91 Å². The van der Waals surface area contributed by atoms with Gasteiger partial charge in [-0.25, -0.2) is 0 Å². The highest BCUT2D eigenvalue weighted by Crippen LogP contribution is 2.46. The Morgan fingerprint density at radius 3 is 2.77 bits per heavy atom. The number of halogens is 3. The van der Waals surface area contributed by atoms with Crippen LogP contribution in [-0.4, -0.2) is 49.0 Å². The lowest BCUT2D eigenvalue weighted by molar-refractivity contribution is -0.174. The predicted molar refractivity (Wildman–Crippen MR) is 106 cm³/mol. The largest absolute Gasteiger partial charge is 0.491 e. The molecule has 0 aliphatic carbocycles. The number of hydrogen-bond donors (Lipinski definition) is 2. The van der Waals surface area contributed by atoms with Gasteiger partial charge in [-0.3, -0.25) is 4.79 Å². The molecule has 0 radical (unpaired) electrons. The summed E-state index contributed by atoms with van der Waals surface area (Å²) in [5, 5.41) is 5.90. The number of ether oxygens (including phenoxy) is 2. The molecule has 5 nitrogen and oxygen atoms in total. The van der Waals surface area contributed by atoms with Crippen molar-refractivity contribution < 1.29 is 27.4 Å². The van der Waals surface area contributed by atoms with E-state index in [1.54, 1.807) is 0 Å². The second-order valence-electron chi connectivity index (χ2n) is 9.04. The number of rotatable bonds is 6. The number of hydrogen-bond acceptors (Lipinski definition) is 4. The molecular formula is C22H29F3N2O3. The maximum absolute atomic E-state index is 12.7. The van der Waals surface area contributed by atoms with Crippen molar-refractivity contribution in [3.8, 4) is 5.75 Å². The molecule has 0 spiro atoms. The summed E-state index contributed by atoms with van der Waals surface area (Å²) in [6.07, 6.45) is -1.85. The molecule has 4 rings (SSSR count). The molecule has 1 aromatic rings. The fourth-order valence-electron chi connectivity index (χ4n) is 5.17. The van der Waals surface area contributed by atoms with Crippen molar-refractivity contribution in [3.05, 3.63) is 28.8 Å². The molecule has 3 aliphatic rings. The lowest BCUT2D eigenvalue weighted by atomic mass is 9.73. The Kier molecular flexibility index (Phi) is 5.51. The van der Waals surface area contributed by atoms with Gasteiger partial charge in [0.2, 0.25) is 0 Å². The van der Waals surface area contributed by atoms with Gasteiger partial charge in [-0.2, -0.15) is 13.2 Å². The summed E-state index contributed by atoms with van der Waals surface area (Å²) in [6, 6.07) is 3.70. The first kappa shape index (κ1) is 21.4. The molecule has 3 fully saturated rings. The van der Waals surface area contributed by atoms with Crippen molar-refractivity contribution in [2.24, 2.45) is 0 Å². The van der Waals surface area contributed by atoms with E-state index >= 15 is 0 Å². The first-order valence-corrected chi connectivity index (χ1v) is 10.6. The summed E-state index contributed by atoms with van der Waals surface area (Å²) in [7, 11) is 0. The molecule has 3 aliphatic heterocycles. The molecule has 1 amide bonds. The molecule has 3 saturated heterocycles. The van der Waals surface area contributed by atoms with Gasteiger partial charge < -0.3 is 20.1 Å². The number of benzene rings is 1. The van der Waals surface area contributed by atoms with E-state index in [9.17, 15) is 18.0 Å². The number of alkyl halides is 3. The van der Waals surface area contributed by atoms with Crippen LogP contribution in [0.1, 0.15) is 55.2 Å². The van der Waals surface area contributed by atoms with Crippen LogP contribution >= 0.6 is 0 Å². The fourth-order valence-corrected chi connectivity index (χ4v) is 5.17. The van der Waals surface area contributed by atoms with Gasteiger partial charge in [-0.05, 0) is 68.2 Å². The molecule has 2 bridgehead atoms. The van der Waals surface area contributed by atoms with Crippen LogP contribution < -0.4 is 15.4 Å². The Hall–Kier alpha value is -1.80. The zero-order valence-corrected chi connectivity index (χ0v) is 17.6. The molecular weight excluding hydrogens is 397 g/mol. The van der Waals surface area contributed by atoms with Crippen LogP contribution in [-0.2, 0) is 9.53 Å². The summed E-state index contributed by atoms with van der Waals surface area (Å²) in [6.45, 7) is 7.52. The van der Waals surface area contributed by atoms with E-state index in [0.29, 0.717) is 19.4 Å². The summed E-state index contributed by atoms with van der Waals surface area (Å²) in [5.74, 6) is -0.912. The van der Waals surface area contributed by atoms with E-state index in [-0.39, 0.29) is 23.6 Å². The minimum absolute atomic E-state index is 0.0904. The number of amides is 1. The van der Waals surface area contributed by atoms with Crippen molar-refractivity contribution in [3.63, 3.8) is 0 Å². The van der Waals surface area contributed by atoms with Crippen LogP contribution in [0.2, 0.25) is 0 Å². The smallest absolute Gasteiger partial charge is 0.471 e. The van der Waals surface area contributed by atoms with E-state index in [1.807, 2.05) is 13.0 Å². The second kappa shape index (κ2) is 7.71. The zero-order valence-electron chi connectivity index (χ0n) is 17.6. The Balaban J connectivity index is 1.52. The average molecular weight is 426 g/mol. The maximum Gasteiger partial charge on any atom is 0.471 e. The van der Waals surface area contributed by atoms with Crippen molar-refractivity contribution in [1.29, 1.82) is 0 Å². The highest BCUT2D eigenvalue weighted by atomic mass is 19.4. The molecule has 4 unspecified atom stereocenters. The van der Waals surface area contributed by atoms with Crippen molar-refractivity contribution in [1.82, 2.24) is 10.6 Å². The second-order valence-corrected chi connectivity index (χ2v) is 9.04. The summed E-state index contributed by atoms with van der Waals surface area (Å²) in [4.78, 5) is 11.5. The van der Waals surface area contributed by atoms with Crippen LogP contribution in [0.5, 0.6) is 5.75 Å². The van der Waals surface area contributed by atoms with Crippen LogP contribution in [0.3, 0.4) is 0 Å². The fraction of sp³-hybridized carbons (Fsp3) is 0.682. The topological polar surface area (TPSA) is 62.9 Å². The Morgan fingerprint density at radius 1 is 1.37 bits per heavy atom. The quantitative estimate of drug-likeness (QED) is 0.684. The van der Waals surface area contributed by atoms with Gasteiger partial charge in [0.05, 0.1) is 6.61 Å². The molecule has 5 atom stereocenters. The molecule has 8 heteroatoms. The molecule has 166 valence electrons. The maximum atomic E-state index is 12.7. The molecule has 30 heavy (non-hydrogen) atoms. The third-order valence-electron chi connectivity index (χ3n) is 7.10. The number of carbonyl (C=O) groups excluding carboxylic acids is 1. The van der Waals surface area contributed by atoms with Gasteiger partial charge >= 0.3 is 12.1 Å². The molecule has 3 heterocycles. The molecule has 0 aromatic heterocycles. The van der Waals surface area contributed by atoms with Crippen molar-refractivity contribution in [2.75, 3.05) is 13.2 Å². The van der Waals surface area contributed by atoms with Crippen LogP contribution in [0, 0.1) is 13.8 Å². The molecule has 0 saturated carbocycles. The van der Waals surface area contributed by atoms with E-state index in [1.165, 1.54) is 5.56 Å². The average Bonchev–Trinajstić information content (AvgIpc) is 3.45. The number of carbonyl (C=O) groups is 1. The lowest BCUT2D eigenvalue weighted by Gasteiger charge is -2.44. The van der Waals surface area contributed by atoms with Gasteiger partial charge in [0.25, 0.3) is 0 Å². The van der Waals surface area contributed by atoms with E-state index in [2.05, 4.69) is 30.5 Å². The summed E-state index contributed by atoms with van der Waals surface area (Å²) >= 11 is 0. The van der Waals surface area contributed by atoms with Gasteiger partial charge in [-0.15, -0.1) is 0 Å². The zero-order chi connectivity index (χ0) is 21.7. The van der Waals surface area contributed by atoms with E-state index in [0.717, 1.165) is 36.3 Å². The van der Waals surface area contributed by atoms with Crippen molar-refractivity contribution in [2.45, 2.75) is 82.3 Å². The Morgan fingerprint density at radius 2 is 2.10 bits per heavy atom. The van der Waals surface area contributed by atoms with Gasteiger partial charge in [0, 0.05) is 17.6 Å². The molecule has 1 aromatic carbocycles. The number of nitrogens with one attached hydrogen (secondary N) is 2.